The molecule has 0 radical (unpaired) electrons. The van der Waals surface area contributed by atoms with Crippen LogP contribution >= 0.6 is 22.6 Å². The fraction of sp³-hybridized carbons (Fsp3) is 0.562. The third-order valence-corrected chi connectivity index (χ3v) is 5.16. The molecule has 0 saturated carbocycles. The molecular weight excluding hydrogens is 363 g/mol. The molecule has 0 bridgehead atoms. The molecule has 20 heavy (non-hydrogen) atoms. The number of carbonyl (C=O) groups is 1. The van der Waals surface area contributed by atoms with Crippen molar-refractivity contribution in [2.45, 2.75) is 25.3 Å². The van der Waals surface area contributed by atoms with Crippen molar-refractivity contribution in [1.82, 2.24) is 9.80 Å². The Kier molecular flexibility index (Phi) is 4.73. The monoisotopic (exact) mass is 384 g/mol. The lowest BCUT2D eigenvalue weighted by Crippen LogP contribution is -2.36. The highest BCUT2D eigenvalue weighted by atomic mass is 127. The van der Waals surface area contributed by atoms with Crippen molar-refractivity contribution >= 4 is 28.4 Å². The minimum atomic E-state index is 0.253. The second kappa shape index (κ2) is 6.54. The zero-order valence-electron chi connectivity index (χ0n) is 11.7. The van der Waals surface area contributed by atoms with Crippen LogP contribution in [-0.4, -0.2) is 54.3 Å². The van der Waals surface area contributed by atoms with Crippen LogP contribution in [0.25, 0.3) is 0 Å². The van der Waals surface area contributed by atoms with Crippen LogP contribution in [0.1, 0.15) is 29.6 Å². The summed E-state index contributed by atoms with van der Waals surface area (Å²) in [5.74, 6) is 0.253. The number of ketones is 1. The molecule has 0 aliphatic carbocycles. The summed E-state index contributed by atoms with van der Waals surface area (Å²) in [6, 6.07) is 8.58. The lowest BCUT2D eigenvalue weighted by molar-refractivity contribution is 0.0940. The summed E-state index contributed by atoms with van der Waals surface area (Å²) in [4.78, 5) is 17.2. The number of rotatable bonds is 4. The molecule has 0 spiro atoms. The maximum Gasteiger partial charge on any atom is 0.176 e. The summed E-state index contributed by atoms with van der Waals surface area (Å²) in [6.07, 6.45) is 3.91. The number of nitrogens with zero attached hydrogens (tertiary/aromatic N) is 2. The van der Waals surface area contributed by atoms with E-state index in [0.717, 1.165) is 18.7 Å². The minimum absolute atomic E-state index is 0.253. The number of halogens is 1. The topological polar surface area (TPSA) is 23.6 Å². The number of likely N-dealkylation sites (tertiary alicyclic amines) is 2. The number of hydrogen-bond acceptors (Lipinski definition) is 3. The second-order valence-corrected chi connectivity index (χ2v) is 7.10. The summed E-state index contributed by atoms with van der Waals surface area (Å²) in [5.41, 5.74) is 0.843. The number of Topliss-reactive ketones (excluding diaryl/α,β-unsaturated/α-hetero) is 1. The molecule has 1 atom stereocenters. The van der Waals surface area contributed by atoms with E-state index < -0.39 is 0 Å². The lowest BCUT2D eigenvalue weighted by Gasteiger charge is -2.23. The maximum absolute atomic E-state index is 12.3. The molecule has 2 heterocycles. The van der Waals surface area contributed by atoms with Crippen molar-refractivity contribution in [2.24, 2.45) is 0 Å². The zero-order chi connectivity index (χ0) is 13.9. The number of hydrogen-bond donors (Lipinski definition) is 0. The van der Waals surface area contributed by atoms with E-state index in [1.54, 1.807) is 0 Å². The molecule has 0 aromatic heterocycles. The van der Waals surface area contributed by atoms with E-state index in [1.165, 1.54) is 35.9 Å². The molecule has 0 amide bonds. The van der Waals surface area contributed by atoms with Crippen molar-refractivity contribution < 1.29 is 4.79 Å². The standard InChI is InChI=1S/C16H21IN2O/c17-14-5-3-13(4-6-14)16(20)12-18-10-7-15(11-18)19-8-1-2-9-19/h3-6,15H,1-2,7-12H2. The van der Waals surface area contributed by atoms with E-state index in [-0.39, 0.29) is 5.78 Å². The molecule has 2 aliphatic heterocycles. The molecule has 1 aromatic carbocycles. The Hall–Kier alpha value is -0.460. The van der Waals surface area contributed by atoms with Gasteiger partial charge >= 0.3 is 0 Å². The van der Waals surface area contributed by atoms with Gasteiger partial charge in [-0.05, 0) is 67.1 Å². The maximum atomic E-state index is 12.3. The van der Waals surface area contributed by atoms with Gasteiger partial charge in [0, 0.05) is 28.3 Å². The number of benzene rings is 1. The first-order valence-electron chi connectivity index (χ1n) is 7.47. The first-order valence-corrected chi connectivity index (χ1v) is 8.55. The van der Waals surface area contributed by atoms with Crippen molar-refractivity contribution in [3.63, 3.8) is 0 Å². The summed E-state index contributed by atoms with van der Waals surface area (Å²) >= 11 is 2.27. The van der Waals surface area contributed by atoms with E-state index in [1.807, 2.05) is 24.3 Å². The Balaban J connectivity index is 1.53. The normalized spacial score (nSPS) is 24.4. The highest BCUT2D eigenvalue weighted by Gasteiger charge is 2.29. The van der Waals surface area contributed by atoms with Gasteiger partial charge in [0.15, 0.2) is 5.78 Å². The molecule has 4 heteroatoms. The van der Waals surface area contributed by atoms with Gasteiger partial charge in [0.2, 0.25) is 0 Å². The van der Waals surface area contributed by atoms with Gasteiger partial charge in [-0.3, -0.25) is 14.6 Å². The molecule has 1 aromatic rings. The fourth-order valence-corrected chi connectivity index (χ4v) is 3.65. The predicted molar refractivity (Wildman–Crippen MR) is 89.1 cm³/mol. The Morgan fingerprint density at radius 2 is 1.85 bits per heavy atom. The lowest BCUT2D eigenvalue weighted by atomic mass is 10.1. The van der Waals surface area contributed by atoms with Crippen molar-refractivity contribution in [2.75, 3.05) is 32.7 Å². The van der Waals surface area contributed by atoms with E-state index in [0.29, 0.717) is 12.6 Å². The van der Waals surface area contributed by atoms with Crippen LogP contribution in [-0.2, 0) is 0 Å². The smallest absolute Gasteiger partial charge is 0.176 e. The molecule has 2 fully saturated rings. The second-order valence-electron chi connectivity index (χ2n) is 5.85. The molecular formula is C16H21IN2O. The molecule has 1 unspecified atom stereocenters. The molecule has 108 valence electrons. The van der Waals surface area contributed by atoms with Gasteiger partial charge in [0.05, 0.1) is 6.54 Å². The molecule has 2 saturated heterocycles. The van der Waals surface area contributed by atoms with Crippen LogP contribution in [0.2, 0.25) is 0 Å². The van der Waals surface area contributed by atoms with Gasteiger partial charge in [-0.2, -0.15) is 0 Å². The Morgan fingerprint density at radius 1 is 1.15 bits per heavy atom. The van der Waals surface area contributed by atoms with Crippen LogP contribution in [0.4, 0.5) is 0 Å². The third kappa shape index (κ3) is 3.40. The van der Waals surface area contributed by atoms with Crippen LogP contribution in [0, 0.1) is 3.57 Å². The van der Waals surface area contributed by atoms with Crippen molar-refractivity contribution in [3.8, 4) is 0 Å². The van der Waals surface area contributed by atoms with Gasteiger partial charge in [-0.25, -0.2) is 0 Å². The van der Waals surface area contributed by atoms with Crippen LogP contribution < -0.4 is 0 Å². The largest absolute Gasteiger partial charge is 0.299 e. The molecule has 2 aliphatic rings. The van der Waals surface area contributed by atoms with Gasteiger partial charge in [-0.15, -0.1) is 0 Å². The first kappa shape index (κ1) is 14.5. The van der Waals surface area contributed by atoms with Crippen LogP contribution in [0.3, 0.4) is 0 Å². The summed E-state index contributed by atoms with van der Waals surface area (Å²) < 4.78 is 1.18. The van der Waals surface area contributed by atoms with E-state index in [4.69, 9.17) is 0 Å². The van der Waals surface area contributed by atoms with Gasteiger partial charge in [0.25, 0.3) is 0 Å². The van der Waals surface area contributed by atoms with Crippen LogP contribution in [0.15, 0.2) is 24.3 Å². The highest BCUT2D eigenvalue weighted by Crippen LogP contribution is 2.20. The van der Waals surface area contributed by atoms with Gasteiger partial charge in [0.1, 0.15) is 0 Å². The quantitative estimate of drug-likeness (QED) is 0.589. The fourth-order valence-electron chi connectivity index (χ4n) is 3.29. The molecule has 3 nitrogen and oxygen atoms in total. The van der Waals surface area contributed by atoms with Crippen molar-refractivity contribution in [1.29, 1.82) is 0 Å². The Labute approximate surface area is 134 Å². The average molecular weight is 384 g/mol. The zero-order valence-corrected chi connectivity index (χ0v) is 13.9. The van der Waals surface area contributed by atoms with E-state index in [2.05, 4.69) is 32.4 Å². The van der Waals surface area contributed by atoms with Gasteiger partial charge in [-0.1, -0.05) is 12.1 Å². The van der Waals surface area contributed by atoms with E-state index >= 15 is 0 Å². The van der Waals surface area contributed by atoms with Crippen LogP contribution in [0.5, 0.6) is 0 Å². The predicted octanol–water partition coefficient (Wildman–Crippen LogP) is 2.64. The minimum Gasteiger partial charge on any atom is -0.299 e. The van der Waals surface area contributed by atoms with E-state index in [9.17, 15) is 4.79 Å². The molecule has 0 N–H and O–H groups in total. The summed E-state index contributed by atoms with van der Waals surface area (Å²) in [5, 5.41) is 0. The van der Waals surface area contributed by atoms with Gasteiger partial charge < -0.3 is 0 Å². The first-order chi connectivity index (χ1) is 9.72. The Bertz CT molecular complexity index is 468. The highest BCUT2D eigenvalue weighted by molar-refractivity contribution is 14.1. The molecule has 3 rings (SSSR count). The van der Waals surface area contributed by atoms with Crippen molar-refractivity contribution in [3.05, 3.63) is 33.4 Å². The third-order valence-electron chi connectivity index (χ3n) is 4.44. The Morgan fingerprint density at radius 3 is 2.55 bits per heavy atom. The SMILES string of the molecule is O=C(CN1CCC(N2CCCC2)C1)c1ccc(I)cc1. The summed E-state index contributed by atoms with van der Waals surface area (Å²) in [6.45, 7) is 5.21. The summed E-state index contributed by atoms with van der Waals surface area (Å²) in [7, 11) is 0. The number of carbonyl (C=O) groups excluding carboxylic acids is 1. The average Bonchev–Trinajstić information content (AvgIpc) is 3.09.